The van der Waals surface area contributed by atoms with Crippen molar-refractivity contribution in [3.8, 4) is 0 Å². The molecule has 4 heteroatoms. The predicted octanol–water partition coefficient (Wildman–Crippen LogP) is 2.60. The van der Waals surface area contributed by atoms with E-state index in [-0.39, 0.29) is 12.0 Å². The van der Waals surface area contributed by atoms with Gasteiger partial charge in [0.2, 0.25) is 0 Å². The van der Waals surface area contributed by atoms with E-state index in [2.05, 4.69) is 6.07 Å². The molecule has 0 radical (unpaired) electrons. The molecule has 17 heavy (non-hydrogen) atoms. The van der Waals surface area contributed by atoms with Crippen molar-refractivity contribution in [3.63, 3.8) is 0 Å². The average Bonchev–Trinajstić information content (AvgIpc) is 2.65. The van der Waals surface area contributed by atoms with Crippen LogP contribution in [0.2, 0.25) is 0 Å². The summed E-state index contributed by atoms with van der Waals surface area (Å²) in [4.78, 5) is 13.6. The molecular weight excluding hydrogens is 234 g/mol. The number of hydrogen-bond acceptors (Lipinski definition) is 4. The van der Waals surface area contributed by atoms with Gasteiger partial charge in [-0.05, 0) is 44.9 Å². The molecule has 1 atom stereocenters. The van der Waals surface area contributed by atoms with Crippen LogP contribution in [0.3, 0.4) is 0 Å². The highest BCUT2D eigenvalue weighted by atomic mass is 32.1. The first-order chi connectivity index (χ1) is 8.02. The molecule has 1 aromatic rings. The number of thiophene rings is 1. The molecule has 94 valence electrons. The number of allylic oxidation sites excluding steroid dienone is 1. The number of rotatable bonds is 5. The van der Waals surface area contributed by atoms with Crippen LogP contribution in [0.1, 0.15) is 30.5 Å². The first-order valence-corrected chi connectivity index (χ1v) is 6.54. The standard InChI is InChI=1S/C13H19NO2S/c1-4-16-13(15)7-9(2)12-6-5-11(17-12)8-10(3)14/h5-7,10H,4,8,14H2,1-3H3/t10-/m1/s1. The second-order valence-electron chi connectivity index (χ2n) is 4.03. The fraction of sp³-hybridized carbons (Fsp3) is 0.462. The quantitative estimate of drug-likeness (QED) is 0.648. The largest absolute Gasteiger partial charge is 0.463 e. The molecule has 0 amide bonds. The van der Waals surface area contributed by atoms with E-state index in [0.29, 0.717) is 6.61 Å². The third-order valence-electron chi connectivity index (χ3n) is 2.19. The second kappa shape index (κ2) is 6.57. The van der Waals surface area contributed by atoms with Crippen molar-refractivity contribution in [3.05, 3.63) is 28.0 Å². The summed E-state index contributed by atoms with van der Waals surface area (Å²) in [7, 11) is 0. The van der Waals surface area contributed by atoms with Gasteiger partial charge in [-0.2, -0.15) is 0 Å². The lowest BCUT2D eigenvalue weighted by atomic mass is 10.2. The minimum atomic E-state index is -0.285. The van der Waals surface area contributed by atoms with Crippen molar-refractivity contribution in [1.82, 2.24) is 0 Å². The van der Waals surface area contributed by atoms with Crippen LogP contribution in [0.5, 0.6) is 0 Å². The fourth-order valence-electron chi connectivity index (χ4n) is 1.45. The van der Waals surface area contributed by atoms with E-state index in [1.54, 1.807) is 18.3 Å². The van der Waals surface area contributed by atoms with Gasteiger partial charge in [-0.3, -0.25) is 0 Å². The molecule has 0 spiro atoms. The van der Waals surface area contributed by atoms with Gasteiger partial charge in [-0.15, -0.1) is 11.3 Å². The van der Waals surface area contributed by atoms with Gasteiger partial charge < -0.3 is 10.5 Å². The molecule has 0 fully saturated rings. The summed E-state index contributed by atoms with van der Waals surface area (Å²) in [6.45, 7) is 6.11. The lowest BCUT2D eigenvalue weighted by molar-refractivity contribution is -0.137. The summed E-state index contributed by atoms with van der Waals surface area (Å²) in [6, 6.07) is 4.25. The zero-order valence-electron chi connectivity index (χ0n) is 10.5. The van der Waals surface area contributed by atoms with Crippen molar-refractivity contribution < 1.29 is 9.53 Å². The Kier molecular flexibility index (Phi) is 5.38. The lowest BCUT2D eigenvalue weighted by Crippen LogP contribution is -2.16. The fourth-order valence-corrected chi connectivity index (χ4v) is 2.57. The smallest absolute Gasteiger partial charge is 0.331 e. The monoisotopic (exact) mass is 253 g/mol. The summed E-state index contributed by atoms with van der Waals surface area (Å²) < 4.78 is 4.87. The SMILES string of the molecule is CCOC(=O)C=C(C)c1ccc(C[C@@H](C)N)s1. The highest BCUT2D eigenvalue weighted by Gasteiger charge is 2.06. The molecule has 3 nitrogen and oxygen atoms in total. The molecule has 1 rings (SSSR count). The van der Waals surface area contributed by atoms with Crippen molar-refractivity contribution >= 4 is 22.9 Å². The van der Waals surface area contributed by atoms with Crippen LogP contribution in [0.15, 0.2) is 18.2 Å². The minimum absolute atomic E-state index is 0.163. The normalized spacial score (nSPS) is 13.5. The number of carbonyl (C=O) groups excluding carboxylic acids is 1. The maximum atomic E-state index is 11.3. The van der Waals surface area contributed by atoms with Crippen LogP contribution in [-0.2, 0) is 16.0 Å². The van der Waals surface area contributed by atoms with Crippen molar-refractivity contribution in [1.29, 1.82) is 0 Å². The molecule has 2 N–H and O–H groups in total. The van der Waals surface area contributed by atoms with Gasteiger partial charge in [0.05, 0.1) is 6.61 Å². The van der Waals surface area contributed by atoms with Gasteiger partial charge in [0.25, 0.3) is 0 Å². The topological polar surface area (TPSA) is 52.3 Å². The summed E-state index contributed by atoms with van der Waals surface area (Å²) in [6.07, 6.45) is 2.41. The minimum Gasteiger partial charge on any atom is -0.463 e. The highest BCUT2D eigenvalue weighted by molar-refractivity contribution is 7.13. The third-order valence-corrected chi connectivity index (χ3v) is 3.44. The maximum Gasteiger partial charge on any atom is 0.331 e. The first-order valence-electron chi connectivity index (χ1n) is 5.72. The molecule has 0 aliphatic heterocycles. The molecule has 0 aliphatic carbocycles. The predicted molar refractivity (Wildman–Crippen MR) is 72.0 cm³/mol. The van der Waals surface area contributed by atoms with E-state index in [9.17, 15) is 4.79 Å². The van der Waals surface area contributed by atoms with Crippen molar-refractivity contribution in [2.45, 2.75) is 33.2 Å². The summed E-state index contributed by atoms with van der Waals surface area (Å²) in [5.74, 6) is -0.285. The van der Waals surface area contributed by atoms with Gasteiger partial charge >= 0.3 is 5.97 Å². The number of esters is 1. The van der Waals surface area contributed by atoms with E-state index in [0.717, 1.165) is 16.9 Å². The number of hydrogen-bond donors (Lipinski definition) is 1. The molecular formula is C13H19NO2S. The Morgan fingerprint density at radius 1 is 1.59 bits per heavy atom. The Bertz CT molecular complexity index is 407. The van der Waals surface area contributed by atoms with Crippen LogP contribution >= 0.6 is 11.3 Å². The molecule has 0 bridgehead atoms. The van der Waals surface area contributed by atoms with Crippen LogP contribution in [-0.4, -0.2) is 18.6 Å². The zero-order chi connectivity index (χ0) is 12.8. The van der Waals surface area contributed by atoms with E-state index in [1.165, 1.54) is 11.0 Å². The molecule has 1 heterocycles. The second-order valence-corrected chi connectivity index (χ2v) is 5.20. The molecule has 0 aromatic carbocycles. The van der Waals surface area contributed by atoms with Crippen molar-refractivity contribution in [2.75, 3.05) is 6.61 Å². The zero-order valence-corrected chi connectivity index (χ0v) is 11.3. The Hall–Kier alpha value is -1.13. The van der Waals surface area contributed by atoms with E-state index in [4.69, 9.17) is 10.5 Å². The third kappa shape index (κ3) is 4.71. The number of ether oxygens (including phenoxy) is 1. The van der Waals surface area contributed by atoms with Crippen LogP contribution in [0, 0.1) is 0 Å². The van der Waals surface area contributed by atoms with Crippen LogP contribution in [0.4, 0.5) is 0 Å². The molecule has 0 saturated carbocycles. The summed E-state index contributed by atoms with van der Waals surface area (Å²) >= 11 is 1.67. The van der Waals surface area contributed by atoms with Gasteiger partial charge in [-0.1, -0.05) is 0 Å². The molecule has 0 aliphatic rings. The van der Waals surface area contributed by atoms with Gasteiger partial charge in [0, 0.05) is 21.9 Å². The van der Waals surface area contributed by atoms with Gasteiger partial charge in [0.15, 0.2) is 0 Å². The van der Waals surface area contributed by atoms with Crippen LogP contribution < -0.4 is 5.73 Å². The molecule has 0 saturated heterocycles. The maximum absolute atomic E-state index is 11.3. The lowest BCUT2D eigenvalue weighted by Gasteiger charge is -2.01. The number of carbonyl (C=O) groups is 1. The van der Waals surface area contributed by atoms with Gasteiger partial charge in [0.1, 0.15) is 0 Å². The van der Waals surface area contributed by atoms with E-state index >= 15 is 0 Å². The highest BCUT2D eigenvalue weighted by Crippen LogP contribution is 2.24. The average molecular weight is 253 g/mol. The van der Waals surface area contributed by atoms with E-state index in [1.807, 2.05) is 19.9 Å². The Labute approximate surface area is 106 Å². The van der Waals surface area contributed by atoms with Gasteiger partial charge in [-0.25, -0.2) is 4.79 Å². The molecule has 1 aromatic heterocycles. The Morgan fingerprint density at radius 2 is 2.29 bits per heavy atom. The Morgan fingerprint density at radius 3 is 2.88 bits per heavy atom. The van der Waals surface area contributed by atoms with E-state index < -0.39 is 0 Å². The Balaban J connectivity index is 2.72. The van der Waals surface area contributed by atoms with Crippen LogP contribution in [0.25, 0.3) is 5.57 Å². The molecule has 0 unspecified atom stereocenters. The summed E-state index contributed by atoms with van der Waals surface area (Å²) in [5.41, 5.74) is 6.68. The number of nitrogens with two attached hydrogens (primary N) is 1. The van der Waals surface area contributed by atoms with Crippen molar-refractivity contribution in [2.24, 2.45) is 5.73 Å². The summed E-state index contributed by atoms with van der Waals surface area (Å²) in [5, 5.41) is 0. The first kappa shape index (κ1) is 13.9.